The summed E-state index contributed by atoms with van der Waals surface area (Å²) in [6, 6.07) is 14.1. The molecule has 38 heavy (non-hydrogen) atoms. The van der Waals surface area contributed by atoms with Crippen molar-refractivity contribution in [1.82, 2.24) is 15.2 Å². The van der Waals surface area contributed by atoms with E-state index < -0.39 is 35.7 Å². The van der Waals surface area contributed by atoms with Crippen molar-refractivity contribution in [2.75, 3.05) is 25.5 Å². The number of rotatable bonds is 8. The van der Waals surface area contributed by atoms with Crippen LogP contribution in [-0.2, 0) is 20.8 Å². The molecule has 11 heteroatoms. The number of nitrogens with zero attached hydrogens (tertiary/aromatic N) is 2. The molecule has 1 aromatic heterocycles. The van der Waals surface area contributed by atoms with Crippen molar-refractivity contribution >= 4 is 34.9 Å². The highest BCUT2D eigenvalue weighted by Gasteiger charge is 2.27. The second-order valence-corrected chi connectivity index (χ2v) is 9.47. The summed E-state index contributed by atoms with van der Waals surface area (Å²) >= 11 is 0. The van der Waals surface area contributed by atoms with Gasteiger partial charge < -0.3 is 24.4 Å². The van der Waals surface area contributed by atoms with Crippen molar-refractivity contribution < 1.29 is 33.0 Å². The summed E-state index contributed by atoms with van der Waals surface area (Å²) in [5.41, 5.74) is 0.0623. The molecule has 3 rings (SSSR count). The average molecular weight is 527 g/mol. The fraction of sp³-hybridized carbons (Fsp3) is 0.333. The Balaban J connectivity index is 1.59. The Morgan fingerprint density at radius 1 is 1.00 bits per heavy atom. The fourth-order valence-electron chi connectivity index (χ4n) is 3.26. The number of pyridine rings is 1. The van der Waals surface area contributed by atoms with Crippen molar-refractivity contribution in [3.05, 3.63) is 72.2 Å². The molecule has 0 aliphatic heterocycles. The Morgan fingerprint density at radius 3 is 2.45 bits per heavy atom. The lowest BCUT2D eigenvalue weighted by atomic mass is 10.2. The number of nitrogens with one attached hydrogen (secondary N) is 2. The van der Waals surface area contributed by atoms with Gasteiger partial charge in [-0.05, 0) is 56.0 Å². The van der Waals surface area contributed by atoms with Gasteiger partial charge in [-0.1, -0.05) is 30.3 Å². The first-order valence-corrected chi connectivity index (χ1v) is 11.9. The number of likely N-dealkylation sites (N-methyl/N-ethyl adjacent to an activating group) is 1. The lowest BCUT2D eigenvalue weighted by molar-refractivity contribution is 0.0148. The van der Waals surface area contributed by atoms with Crippen LogP contribution in [-0.4, -0.2) is 60.0 Å². The maximum absolute atomic E-state index is 13.5. The van der Waals surface area contributed by atoms with Gasteiger partial charge in [-0.2, -0.15) is 0 Å². The molecule has 1 heterocycles. The number of hydrogen-bond acceptors (Lipinski definition) is 7. The number of amides is 3. The van der Waals surface area contributed by atoms with Gasteiger partial charge in [0.15, 0.2) is 0 Å². The molecule has 1 atom stereocenters. The molecule has 2 aromatic carbocycles. The molecule has 0 spiro atoms. The first-order valence-electron chi connectivity index (χ1n) is 11.9. The number of benzene rings is 2. The second kappa shape index (κ2) is 12.7. The van der Waals surface area contributed by atoms with Gasteiger partial charge in [0, 0.05) is 25.2 Å². The van der Waals surface area contributed by atoms with Crippen LogP contribution in [0.3, 0.4) is 0 Å². The molecule has 0 aliphatic rings. The number of fused-ring (bicyclic) bond motifs is 1. The normalized spacial score (nSPS) is 11.8. The Hall–Kier alpha value is -4.41. The van der Waals surface area contributed by atoms with E-state index in [0.29, 0.717) is 10.8 Å². The van der Waals surface area contributed by atoms with Crippen molar-refractivity contribution in [2.24, 2.45) is 0 Å². The molecule has 2 N–H and O–H groups in total. The van der Waals surface area contributed by atoms with E-state index in [4.69, 9.17) is 14.2 Å². The van der Waals surface area contributed by atoms with E-state index >= 15 is 0 Å². The Labute approximate surface area is 220 Å². The highest BCUT2D eigenvalue weighted by molar-refractivity contribution is 5.89. The van der Waals surface area contributed by atoms with Gasteiger partial charge in [0.25, 0.3) is 0 Å². The minimum absolute atomic E-state index is 0.0702. The first kappa shape index (κ1) is 28.2. The summed E-state index contributed by atoms with van der Waals surface area (Å²) < 4.78 is 29.4. The molecular weight excluding hydrogens is 495 g/mol. The predicted molar refractivity (Wildman–Crippen MR) is 139 cm³/mol. The number of alkyl carbamates (subject to hydrolysis) is 1. The second-order valence-electron chi connectivity index (χ2n) is 9.47. The third-order valence-corrected chi connectivity index (χ3v) is 5.24. The number of carbonyl (C=O) groups excluding carboxylic acids is 3. The first-order chi connectivity index (χ1) is 18.0. The lowest BCUT2D eigenvalue weighted by Crippen LogP contribution is -2.49. The van der Waals surface area contributed by atoms with Crippen LogP contribution < -0.4 is 10.6 Å². The number of halogens is 1. The van der Waals surface area contributed by atoms with Gasteiger partial charge in [0.1, 0.15) is 30.4 Å². The van der Waals surface area contributed by atoms with E-state index in [1.807, 2.05) is 30.3 Å². The number of anilines is 1. The molecule has 10 nitrogen and oxygen atoms in total. The van der Waals surface area contributed by atoms with Crippen LogP contribution in [0.15, 0.2) is 60.8 Å². The van der Waals surface area contributed by atoms with Crippen molar-refractivity contribution in [3.8, 4) is 0 Å². The van der Waals surface area contributed by atoms with E-state index in [-0.39, 0.29) is 25.6 Å². The van der Waals surface area contributed by atoms with E-state index in [1.165, 1.54) is 36.3 Å². The minimum Gasteiger partial charge on any atom is -0.447 e. The van der Waals surface area contributed by atoms with E-state index in [2.05, 4.69) is 15.6 Å². The summed E-state index contributed by atoms with van der Waals surface area (Å²) in [6.45, 7) is 4.88. The summed E-state index contributed by atoms with van der Waals surface area (Å²) in [5.74, 6) is -0.257. The fourth-order valence-corrected chi connectivity index (χ4v) is 3.26. The maximum atomic E-state index is 13.5. The molecule has 0 saturated carbocycles. The van der Waals surface area contributed by atoms with Crippen molar-refractivity contribution in [3.63, 3.8) is 0 Å². The highest BCUT2D eigenvalue weighted by atomic mass is 19.1. The van der Waals surface area contributed by atoms with Crippen molar-refractivity contribution in [1.29, 1.82) is 0 Å². The average Bonchev–Trinajstić information content (AvgIpc) is 2.86. The van der Waals surface area contributed by atoms with Crippen LogP contribution >= 0.6 is 0 Å². The van der Waals surface area contributed by atoms with Crippen LogP contribution in [0.4, 0.5) is 24.6 Å². The maximum Gasteiger partial charge on any atom is 0.412 e. The summed E-state index contributed by atoms with van der Waals surface area (Å²) in [4.78, 5) is 42.6. The largest absolute Gasteiger partial charge is 0.447 e. The van der Waals surface area contributed by atoms with Crippen LogP contribution in [0.25, 0.3) is 10.8 Å². The van der Waals surface area contributed by atoms with Gasteiger partial charge in [0.05, 0.1) is 6.04 Å². The van der Waals surface area contributed by atoms with Crippen molar-refractivity contribution in [2.45, 2.75) is 39.0 Å². The molecule has 3 aromatic rings. The number of aromatic nitrogens is 1. The monoisotopic (exact) mass is 526 g/mol. The topological polar surface area (TPSA) is 119 Å². The highest BCUT2D eigenvalue weighted by Crippen LogP contribution is 2.18. The Kier molecular flexibility index (Phi) is 9.42. The number of hydrogen-bond donors (Lipinski definition) is 2. The number of ether oxygens (including phenoxy) is 3. The SMILES string of the molecule is CN(C(=O)OC(C)(C)C)C(CNC(=O)OCc1ccccc1)COC(=O)Nc1cc2cc(F)ccc2cn1. The molecule has 0 aliphatic carbocycles. The zero-order valence-corrected chi connectivity index (χ0v) is 21.7. The summed E-state index contributed by atoms with van der Waals surface area (Å²) in [7, 11) is 1.47. The molecule has 202 valence electrons. The summed E-state index contributed by atoms with van der Waals surface area (Å²) in [6.07, 6.45) is -0.714. The molecular formula is C27H31FN4O6. The molecule has 1 unspecified atom stereocenters. The minimum atomic E-state index is -0.845. The van der Waals surface area contributed by atoms with Crippen LogP contribution in [0, 0.1) is 5.82 Å². The zero-order chi connectivity index (χ0) is 27.7. The van der Waals surface area contributed by atoms with Crippen LogP contribution in [0.2, 0.25) is 0 Å². The van der Waals surface area contributed by atoms with E-state index in [9.17, 15) is 18.8 Å². The van der Waals surface area contributed by atoms with Crippen LogP contribution in [0.1, 0.15) is 26.3 Å². The standard InChI is InChI=1S/C27H31FN4O6/c1-27(2,3)38-26(35)32(4)22(15-30-24(33)36-16-18-8-6-5-7-9-18)17-37-25(34)31-23-13-20-12-21(28)11-10-19(20)14-29-23/h5-14,22H,15-17H2,1-4H3,(H,30,33)(H,29,31,34). The molecule has 0 bridgehead atoms. The van der Waals surface area contributed by atoms with E-state index in [1.54, 1.807) is 26.8 Å². The molecule has 0 radical (unpaired) electrons. The summed E-state index contributed by atoms with van der Waals surface area (Å²) in [5, 5.41) is 6.31. The van der Waals surface area contributed by atoms with Gasteiger partial charge in [-0.25, -0.2) is 23.8 Å². The smallest absolute Gasteiger partial charge is 0.412 e. The molecule has 0 fully saturated rings. The van der Waals surface area contributed by atoms with Gasteiger partial charge >= 0.3 is 18.3 Å². The third kappa shape index (κ3) is 8.91. The Morgan fingerprint density at radius 2 is 1.74 bits per heavy atom. The van der Waals surface area contributed by atoms with Gasteiger partial charge in [-0.15, -0.1) is 0 Å². The van der Waals surface area contributed by atoms with Gasteiger partial charge in [-0.3, -0.25) is 5.32 Å². The molecule has 3 amide bonds. The Bertz CT molecular complexity index is 1270. The quantitative estimate of drug-likeness (QED) is 0.393. The zero-order valence-electron chi connectivity index (χ0n) is 21.7. The predicted octanol–water partition coefficient (Wildman–Crippen LogP) is 5.08. The number of carbonyl (C=O) groups is 3. The van der Waals surface area contributed by atoms with Gasteiger partial charge in [0.2, 0.25) is 0 Å². The van der Waals surface area contributed by atoms with Crippen LogP contribution in [0.5, 0.6) is 0 Å². The lowest BCUT2D eigenvalue weighted by Gasteiger charge is -2.30. The molecule has 0 saturated heterocycles. The van der Waals surface area contributed by atoms with E-state index in [0.717, 1.165) is 5.56 Å². The third-order valence-electron chi connectivity index (χ3n) is 5.24.